The Morgan fingerprint density at radius 1 is 1.11 bits per heavy atom. The lowest BCUT2D eigenvalue weighted by Crippen LogP contribution is -2.31. The molecule has 2 fully saturated rings. The Labute approximate surface area is 116 Å². The van der Waals surface area contributed by atoms with E-state index >= 15 is 0 Å². The normalized spacial score (nSPS) is 24.9. The number of hydrogen-bond acceptors (Lipinski definition) is 3. The lowest BCUT2D eigenvalue weighted by atomic mass is 10.0. The fourth-order valence-corrected chi connectivity index (χ4v) is 3.54. The summed E-state index contributed by atoms with van der Waals surface area (Å²) in [6.07, 6.45) is 8.71. The van der Waals surface area contributed by atoms with Crippen molar-refractivity contribution < 1.29 is 0 Å². The van der Waals surface area contributed by atoms with Crippen LogP contribution in [0.2, 0.25) is 0 Å². The standard InChI is InChI=1S/C16H25N3/c1-13-11-14(15-7-6-8-18(15)2)12-17-16(13)19-9-4-3-5-10-19/h11-12,15H,3-10H2,1-2H3/t15-/m0/s1. The Hall–Kier alpha value is -1.09. The summed E-state index contributed by atoms with van der Waals surface area (Å²) >= 11 is 0. The van der Waals surface area contributed by atoms with Crippen LogP contribution in [0.25, 0.3) is 0 Å². The zero-order valence-corrected chi connectivity index (χ0v) is 12.2. The van der Waals surface area contributed by atoms with Crippen LogP contribution >= 0.6 is 0 Å². The van der Waals surface area contributed by atoms with Crippen molar-refractivity contribution in [2.75, 3.05) is 31.6 Å². The van der Waals surface area contributed by atoms with Gasteiger partial charge in [0.15, 0.2) is 0 Å². The largest absolute Gasteiger partial charge is 0.356 e. The topological polar surface area (TPSA) is 19.4 Å². The first-order valence-electron chi connectivity index (χ1n) is 7.67. The Kier molecular flexibility index (Phi) is 3.74. The maximum absolute atomic E-state index is 4.78. The summed E-state index contributed by atoms with van der Waals surface area (Å²) in [6.45, 7) is 5.79. The summed E-state index contributed by atoms with van der Waals surface area (Å²) in [5.74, 6) is 1.21. The molecule has 3 heterocycles. The van der Waals surface area contributed by atoms with E-state index in [1.54, 1.807) is 0 Å². The molecule has 1 aromatic heterocycles. The molecule has 0 unspecified atom stereocenters. The second kappa shape index (κ2) is 5.49. The van der Waals surface area contributed by atoms with Crippen LogP contribution in [-0.4, -0.2) is 36.6 Å². The summed E-state index contributed by atoms with van der Waals surface area (Å²) in [6, 6.07) is 2.95. The third-order valence-electron chi connectivity index (χ3n) is 4.63. The van der Waals surface area contributed by atoms with Gasteiger partial charge in [-0.15, -0.1) is 0 Å². The minimum atomic E-state index is 0.585. The van der Waals surface area contributed by atoms with Gasteiger partial charge >= 0.3 is 0 Å². The van der Waals surface area contributed by atoms with Crippen LogP contribution in [0.4, 0.5) is 5.82 Å². The van der Waals surface area contributed by atoms with E-state index in [0.29, 0.717) is 6.04 Å². The number of likely N-dealkylation sites (tertiary alicyclic amines) is 1. The van der Waals surface area contributed by atoms with Gasteiger partial charge in [-0.2, -0.15) is 0 Å². The summed E-state index contributed by atoms with van der Waals surface area (Å²) in [7, 11) is 2.23. The second-order valence-electron chi connectivity index (χ2n) is 6.10. The van der Waals surface area contributed by atoms with Gasteiger partial charge in [0.05, 0.1) is 0 Å². The predicted octanol–water partition coefficient (Wildman–Crippen LogP) is 3.15. The maximum Gasteiger partial charge on any atom is 0.131 e. The number of aromatic nitrogens is 1. The van der Waals surface area contributed by atoms with Gasteiger partial charge in [-0.05, 0) is 69.8 Å². The summed E-state index contributed by atoms with van der Waals surface area (Å²) < 4.78 is 0. The van der Waals surface area contributed by atoms with Crippen molar-refractivity contribution >= 4 is 5.82 Å². The molecule has 3 rings (SSSR count). The van der Waals surface area contributed by atoms with Crippen LogP contribution in [0.1, 0.15) is 49.3 Å². The van der Waals surface area contributed by atoms with Crippen molar-refractivity contribution in [2.45, 2.75) is 45.1 Å². The summed E-state index contributed by atoms with van der Waals surface area (Å²) in [5, 5.41) is 0. The minimum absolute atomic E-state index is 0.585. The van der Waals surface area contributed by atoms with Gasteiger partial charge in [-0.1, -0.05) is 0 Å². The van der Waals surface area contributed by atoms with Crippen molar-refractivity contribution in [1.82, 2.24) is 9.88 Å². The number of rotatable bonds is 2. The summed E-state index contributed by atoms with van der Waals surface area (Å²) in [4.78, 5) is 9.69. The molecule has 1 atom stereocenters. The molecular formula is C16H25N3. The van der Waals surface area contributed by atoms with E-state index in [9.17, 15) is 0 Å². The number of hydrogen-bond donors (Lipinski definition) is 0. The zero-order valence-electron chi connectivity index (χ0n) is 12.2. The SMILES string of the molecule is Cc1cc([C@@H]2CCCN2C)cnc1N1CCCCC1. The molecule has 1 aromatic rings. The van der Waals surface area contributed by atoms with Gasteiger partial charge in [0.2, 0.25) is 0 Å². The third kappa shape index (κ3) is 2.62. The zero-order chi connectivity index (χ0) is 13.2. The number of nitrogens with zero attached hydrogens (tertiary/aromatic N) is 3. The van der Waals surface area contributed by atoms with Crippen molar-refractivity contribution in [3.05, 3.63) is 23.4 Å². The van der Waals surface area contributed by atoms with E-state index in [0.717, 1.165) is 0 Å². The van der Waals surface area contributed by atoms with E-state index < -0.39 is 0 Å². The van der Waals surface area contributed by atoms with Crippen LogP contribution in [0, 0.1) is 6.92 Å². The van der Waals surface area contributed by atoms with Crippen LogP contribution in [0.5, 0.6) is 0 Å². The Balaban J connectivity index is 1.81. The molecule has 3 heteroatoms. The van der Waals surface area contributed by atoms with Gasteiger partial charge in [0.25, 0.3) is 0 Å². The predicted molar refractivity (Wildman–Crippen MR) is 79.6 cm³/mol. The molecule has 104 valence electrons. The molecule has 19 heavy (non-hydrogen) atoms. The highest BCUT2D eigenvalue weighted by atomic mass is 15.2. The fourth-order valence-electron chi connectivity index (χ4n) is 3.54. The van der Waals surface area contributed by atoms with Gasteiger partial charge in [0.1, 0.15) is 5.82 Å². The number of anilines is 1. The second-order valence-corrected chi connectivity index (χ2v) is 6.10. The average Bonchev–Trinajstić information content (AvgIpc) is 2.86. The fraction of sp³-hybridized carbons (Fsp3) is 0.688. The van der Waals surface area contributed by atoms with E-state index in [4.69, 9.17) is 4.98 Å². The van der Waals surface area contributed by atoms with E-state index in [1.807, 2.05) is 0 Å². The van der Waals surface area contributed by atoms with Crippen molar-refractivity contribution in [1.29, 1.82) is 0 Å². The monoisotopic (exact) mass is 259 g/mol. The quantitative estimate of drug-likeness (QED) is 0.813. The molecule has 0 radical (unpaired) electrons. The molecule has 3 nitrogen and oxygen atoms in total. The van der Waals surface area contributed by atoms with Crippen LogP contribution < -0.4 is 4.90 Å². The summed E-state index contributed by atoms with van der Waals surface area (Å²) in [5.41, 5.74) is 2.75. The molecule has 0 aromatic carbocycles. The van der Waals surface area contributed by atoms with Crippen molar-refractivity contribution in [3.8, 4) is 0 Å². The third-order valence-corrected chi connectivity index (χ3v) is 4.63. The van der Waals surface area contributed by atoms with Crippen LogP contribution in [0.15, 0.2) is 12.3 Å². The van der Waals surface area contributed by atoms with Crippen LogP contribution in [0.3, 0.4) is 0 Å². The average molecular weight is 259 g/mol. The molecule has 0 N–H and O–H groups in total. The molecule has 0 saturated carbocycles. The highest BCUT2D eigenvalue weighted by Gasteiger charge is 2.24. The van der Waals surface area contributed by atoms with Crippen molar-refractivity contribution in [2.24, 2.45) is 0 Å². The van der Waals surface area contributed by atoms with Gasteiger partial charge < -0.3 is 4.90 Å². The number of pyridine rings is 1. The number of aryl methyl sites for hydroxylation is 1. The number of piperidine rings is 1. The molecule has 0 bridgehead atoms. The molecule has 0 aliphatic carbocycles. The smallest absolute Gasteiger partial charge is 0.131 e. The lowest BCUT2D eigenvalue weighted by molar-refractivity contribution is 0.317. The Morgan fingerprint density at radius 2 is 1.89 bits per heavy atom. The first-order valence-corrected chi connectivity index (χ1v) is 7.67. The minimum Gasteiger partial charge on any atom is -0.356 e. The van der Waals surface area contributed by atoms with E-state index in [2.05, 4.69) is 36.0 Å². The van der Waals surface area contributed by atoms with Gasteiger partial charge in [-0.3, -0.25) is 4.90 Å². The molecule has 0 amide bonds. The van der Waals surface area contributed by atoms with E-state index in [-0.39, 0.29) is 0 Å². The molecular weight excluding hydrogens is 234 g/mol. The Morgan fingerprint density at radius 3 is 2.53 bits per heavy atom. The first-order chi connectivity index (χ1) is 9.25. The lowest BCUT2D eigenvalue weighted by Gasteiger charge is -2.29. The molecule has 2 aliphatic heterocycles. The highest BCUT2D eigenvalue weighted by Crippen LogP contribution is 2.32. The Bertz CT molecular complexity index is 438. The molecule has 0 spiro atoms. The highest BCUT2D eigenvalue weighted by molar-refractivity contribution is 5.48. The first kappa shape index (κ1) is 12.9. The van der Waals surface area contributed by atoms with Crippen LogP contribution in [-0.2, 0) is 0 Å². The molecule has 2 saturated heterocycles. The van der Waals surface area contributed by atoms with E-state index in [1.165, 1.54) is 68.7 Å². The molecule has 2 aliphatic rings. The van der Waals surface area contributed by atoms with Gasteiger partial charge in [-0.25, -0.2) is 4.98 Å². The maximum atomic E-state index is 4.78. The van der Waals surface area contributed by atoms with Gasteiger partial charge in [0, 0.05) is 25.3 Å². The van der Waals surface area contributed by atoms with Crippen molar-refractivity contribution in [3.63, 3.8) is 0 Å².